The number of rotatable bonds is 4. The Morgan fingerprint density at radius 3 is 2.60 bits per heavy atom. The lowest BCUT2D eigenvalue weighted by atomic mass is 9.84. The predicted molar refractivity (Wildman–Crippen MR) is 125 cm³/mol. The highest BCUT2D eigenvalue weighted by Crippen LogP contribution is 2.38. The summed E-state index contributed by atoms with van der Waals surface area (Å²) in [6, 6.07) is 4.06. The first kappa shape index (κ1) is 24.0. The molecule has 2 saturated heterocycles. The number of anilines is 2. The largest absolute Gasteiger partial charge is 0.435 e. The minimum Gasteiger partial charge on any atom is -0.389 e. The molecule has 2 aliphatic rings. The van der Waals surface area contributed by atoms with Gasteiger partial charge in [-0.3, -0.25) is 9.58 Å². The van der Waals surface area contributed by atoms with E-state index < -0.39 is 18.0 Å². The highest BCUT2D eigenvalue weighted by atomic mass is 19.4. The van der Waals surface area contributed by atoms with E-state index in [2.05, 4.69) is 39.1 Å². The lowest BCUT2D eigenvalue weighted by Gasteiger charge is -2.43. The van der Waals surface area contributed by atoms with E-state index in [9.17, 15) is 18.3 Å². The highest BCUT2D eigenvalue weighted by molar-refractivity contribution is 5.81. The number of nitrogens with one attached hydrogen (secondary N) is 1. The van der Waals surface area contributed by atoms with E-state index in [-0.39, 0.29) is 17.2 Å². The second-order valence-corrected chi connectivity index (χ2v) is 9.76. The molecular formula is C24H29F3N6O2. The molecule has 8 nitrogen and oxygen atoms in total. The van der Waals surface area contributed by atoms with Crippen LogP contribution in [0.1, 0.15) is 42.5 Å². The van der Waals surface area contributed by atoms with Crippen LogP contribution in [0, 0.1) is 6.92 Å². The molecule has 0 saturated carbocycles. The number of aliphatic hydroxyl groups excluding tert-OH is 1. The number of aliphatic hydroxyl groups is 1. The summed E-state index contributed by atoms with van der Waals surface area (Å²) in [6.45, 7) is 6.75. The fourth-order valence-electron chi connectivity index (χ4n) is 5.35. The maximum absolute atomic E-state index is 13.4. The molecule has 2 aliphatic heterocycles. The fourth-order valence-corrected chi connectivity index (χ4v) is 5.35. The number of aryl methyl sites for hydroxylation is 2. The number of hydrogen-bond acceptors (Lipinski definition) is 7. The molecule has 0 amide bonds. The Balaban J connectivity index is 1.37. The third-order valence-corrected chi connectivity index (χ3v) is 7.47. The molecule has 1 aromatic carbocycles. The van der Waals surface area contributed by atoms with Gasteiger partial charge in [0.1, 0.15) is 0 Å². The smallest absolute Gasteiger partial charge is 0.389 e. The van der Waals surface area contributed by atoms with Gasteiger partial charge in [0.05, 0.1) is 42.3 Å². The summed E-state index contributed by atoms with van der Waals surface area (Å²) in [5.41, 5.74) is 1.58. The van der Waals surface area contributed by atoms with Gasteiger partial charge >= 0.3 is 6.18 Å². The molecule has 0 unspecified atom stereocenters. The van der Waals surface area contributed by atoms with Crippen molar-refractivity contribution in [3.05, 3.63) is 41.3 Å². The van der Waals surface area contributed by atoms with Gasteiger partial charge in [0.15, 0.2) is 5.69 Å². The number of benzene rings is 1. The molecule has 11 heteroatoms. The van der Waals surface area contributed by atoms with Crippen LogP contribution in [0.25, 0.3) is 10.9 Å². The molecular weight excluding hydrogens is 461 g/mol. The molecule has 5 rings (SSSR count). The number of piperidine rings is 1. The van der Waals surface area contributed by atoms with Gasteiger partial charge < -0.3 is 15.2 Å². The molecule has 0 bridgehead atoms. The molecule has 188 valence electrons. The number of nitrogens with zero attached hydrogens (tertiary/aromatic N) is 5. The summed E-state index contributed by atoms with van der Waals surface area (Å²) in [4.78, 5) is 11.1. The van der Waals surface area contributed by atoms with Crippen molar-refractivity contribution < 1.29 is 23.0 Å². The van der Waals surface area contributed by atoms with Crippen LogP contribution in [0.15, 0.2) is 24.5 Å². The lowest BCUT2D eigenvalue weighted by Crippen LogP contribution is -2.56. The number of ether oxygens (including phenoxy) is 1. The van der Waals surface area contributed by atoms with Crippen molar-refractivity contribution in [2.24, 2.45) is 7.05 Å². The topological polar surface area (TPSA) is 88.3 Å². The van der Waals surface area contributed by atoms with Gasteiger partial charge in [0, 0.05) is 18.6 Å². The first-order chi connectivity index (χ1) is 16.6. The SMILES string of the molecule is Cc1cc2cnc(Nc3cnn(C)c3C(F)(F)F)nc2cc1C1CCN([C@]2(C)COC[C@@H]2O)CC1. The summed E-state index contributed by atoms with van der Waals surface area (Å²) in [5.74, 6) is 0.420. The van der Waals surface area contributed by atoms with Crippen LogP contribution in [0.3, 0.4) is 0 Å². The third-order valence-electron chi connectivity index (χ3n) is 7.47. The zero-order valence-corrected chi connectivity index (χ0v) is 19.9. The third kappa shape index (κ3) is 4.36. The molecule has 3 aromatic rings. The summed E-state index contributed by atoms with van der Waals surface area (Å²) in [6.07, 6.45) is -0.415. The number of halogens is 3. The molecule has 0 radical (unpaired) electrons. The van der Waals surface area contributed by atoms with Crippen LogP contribution in [0.5, 0.6) is 0 Å². The zero-order chi connectivity index (χ0) is 25.0. The fraction of sp³-hybridized carbons (Fsp3) is 0.542. The van der Waals surface area contributed by atoms with Gasteiger partial charge in [-0.25, -0.2) is 9.97 Å². The van der Waals surface area contributed by atoms with Gasteiger partial charge in [-0.2, -0.15) is 18.3 Å². The number of alkyl halides is 3. The molecule has 2 fully saturated rings. The minimum atomic E-state index is -4.55. The van der Waals surface area contributed by atoms with Crippen molar-refractivity contribution in [3.8, 4) is 0 Å². The molecule has 2 aromatic heterocycles. The van der Waals surface area contributed by atoms with E-state index in [0.717, 1.165) is 47.8 Å². The van der Waals surface area contributed by atoms with Crippen LogP contribution in [-0.4, -0.2) is 67.7 Å². The van der Waals surface area contributed by atoms with E-state index in [0.29, 0.717) is 24.6 Å². The van der Waals surface area contributed by atoms with Crippen molar-refractivity contribution in [1.82, 2.24) is 24.6 Å². The number of fused-ring (bicyclic) bond motifs is 1. The van der Waals surface area contributed by atoms with Crippen molar-refractivity contribution >= 4 is 22.5 Å². The van der Waals surface area contributed by atoms with Crippen molar-refractivity contribution in [2.45, 2.75) is 50.4 Å². The van der Waals surface area contributed by atoms with Gasteiger partial charge in [-0.1, -0.05) is 0 Å². The Bertz CT molecular complexity index is 1240. The van der Waals surface area contributed by atoms with Gasteiger partial charge in [-0.05, 0) is 69.0 Å². The zero-order valence-electron chi connectivity index (χ0n) is 19.9. The summed E-state index contributed by atoms with van der Waals surface area (Å²) in [7, 11) is 1.25. The summed E-state index contributed by atoms with van der Waals surface area (Å²) in [5, 5.41) is 17.6. The number of likely N-dealkylation sites (tertiary alicyclic amines) is 1. The Morgan fingerprint density at radius 1 is 1.20 bits per heavy atom. The molecule has 0 spiro atoms. The maximum Gasteiger partial charge on any atom is 0.435 e. The monoisotopic (exact) mass is 490 g/mol. The maximum atomic E-state index is 13.4. The second kappa shape index (κ2) is 8.72. The Kier molecular flexibility index (Phi) is 5.97. The van der Waals surface area contributed by atoms with Gasteiger partial charge in [-0.15, -0.1) is 0 Å². The van der Waals surface area contributed by atoms with Gasteiger partial charge in [0.25, 0.3) is 0 Å². The van der Waals surface area contributed by atoms with E-state index in [1.807, 2.05) is 12.1 Å². The van der Waals surface area contributed by atoms with Crippen LogP contribution in [0.2, 0.25) is 0 Å². The standard InChI is InChI=1S/C24H29F3N6O2/c1-14-8-16-10-28-22(31-19-11-29-32(3)21(19)24(25,26)27)30-18(16)9-17(14)15-4-6-33(7-5-15)23(2)13-35-12-20(23)34/h8-11,15,20,34H,4-7,12-13H2,1-3H3,(H,28,30,31)/t20-,23+/m0/s1. The van der Waals surface area contributed by atoms with Crippen LogP contribution in [-0.2, 0) is 18.0 Å². The minimum absolute atomic E-state index is 0.0868. The average Bonchev–Trinajstić information content (AvgIpc) is 3.35. The molecule has 0 aliphatic carbocycles. The Morgan fingerprint density at radius 2 is 1.94 bits per heavy atom. The Labute approximate surface area is 201 Å². The summed E-state index contributed by atoms with van der Waals surface area (Å²) >= 11 is 0. The quantitative estimate of drug-likeness (QED) is 0.576. The van der Waals surface area contributed by atoms with E-state index >= 15 is 0 Å². The van der Waals surface area contributed by atoms with Crippen molar-refractivity contribution in [1.29, 1.82) is 0 Å². The second-order valence-electron chi connectivity index (χ2n) is 9.76. The lowest BCUT2D eigenvalue weighted by molar-refractivity contribution is -0.143. The van der Waals surface area contributed by atoms with Crippen molar-refractivity contribution in [3.63, 3.8) is 0 Å². The molecule has 2 atom stereocenters. The van der Waals surface area contributed by atoms with Crippen LogP contribution < -0.4 is 5.32 Å². The molecule has 2 N–H and O–H groups in total. The Hall–Kier alpha value is -2.76. The first-order valence-corrected chi connectivity index (χ1v) is 11.7. The van der Waals surface area contributed by atoms with Gasteiger partial charge in [0.2, 0.25) is 5.95 Å². The highest BCUT2D eigenvalue weighted by Gasteiger charge is 2.45. The summed E-state index contributed by atoms with van der Waals surface area (Å²) < 4.78 is 46.5. The number of aromatic nitrogens is 4. The molecule has 35 heavy (non-hydrogen) atoms. The molecule has 4 heterocycles. The van der Waals surface area contributed by atoms with E-state index in [1.165, 1.54) is 12.6 Å². The van der Waals surface area contributed by atoms with Crippen LogP contribution in [0.4, 0.5) is 24.8 Å². The van der Waals surface area contributed by atoms with Crippen molar-refractivity contribution in [2.75, 3.05) is 31.6 Å². The average molecular weight is 491 g/mol. The van der Waals surface area contributed by atoms with Crippen LogP contribution >= 0.6 is 0 Å². The number of hydrogen-bond donors (Lipinski definition) is 2. The first-order valence-electron chi connectivity index (χ1n) is 11.7. The van der Waals surface area contributed by atoms with E-state index in [1.54, 1.807) is 6.20 Å². The van der Waals surface area contributed by atoms with E-state index in [4.69, 9.17) is 4.74 Å². The normalized spacial score (nSPS) is 24.4. The predicted octanol–water partition coefficient (Wildman–Crippen LogP) is 3.76.